The van der Waals surface area contributed by atoms with Crippen LogP contribution in [0.2, 0.25) is 0 Å². The molecule has 4 aliphatic rings. The Bertz CT molecular complexity index is 4700. The molecule has 0 unspecified atom stereocenters. The molecule has 0 radical (unpaired) electrons. The van der Waals surface area contributed by atoms with Gasteiger partial charge in [0, 0.05) is 88.0 Å². The molecule has 7 N–H and O–H groups in total. The fourth-order valence-corrected chi connectivity index (χ4v) is 13.0. The van der Waals surface area contributed by atoms with Gasteiger partial charge in [-0.3, -0.25) is 71.9 Å². The summed E-state index contributed by atoms with van der Waals surface area (Å²) in [6.07, 6.45) is -28.1. The molecule has 7 amide bonds. The molecule has 0 bridgehead atoms. The minimum atomic E-state index is -2.11. The summed E-state index contributed by atoms with van der Waals surface area (Å²) >= 11 is 0. The van der Waals surface area contributed by atoms with Crippen molar-refractivity contribution in [3.8, 4) is 0 Å². The lowest BCUT2D eigenvalue weighted by molar-refractivity contribution is -0.306. The standard InChI is InChI=1S/C84H99N7O37/c1-40-13-21-52(22-14-40)78(107)113-36-61-68(126-79(108)53-23-15-41(2)16-24-53)71(127-80(109)54-25-17-42(3)18-26-54)74(128-81(110)55-27-19-43(4)20-28-55)84(125-61)116-39-64(102)90-57-32-87-77(106)58(91-65(103)38-115-83-73(122-51(12)99)70(120-49(10)97)67(118-47(8)95)60(124-83)35-112-45(6)93)33-88-76(105)56(31-86-62(100)29-30-85-75(57)104)89-63(101)37-114-82-72(121-50(11)98)69(119-48(9)96)66(117-46(7)94)59(123-82)34-111-44(5)92/h13-28,56-61,66-74,82-84H,29-39H2,1-12H3,(H,85,104)(H,86,100)(H,87,106)(H,88,105)(H,89,101)(H,90,102)(H,91,103)/t56-,57-,58-,59+,60+,61+,66+,67+,68-,69-,70-,71-,72+,73-,74+,82+,83-,84+/m0/s1. The van der Waals surface area contributed by atoms with Crippen LogP contribution in [-0.4, -0.2) is 289 Å². The Hall–Kier alpha value is -13.4. The van der Waals surface area contributed by atoms with E-state index in [0.29, 0.717) is 5.56 Å². The number of benzene rings is 4. The van der Waals surface area contributed by atoms with E-state index in [1.54, 1.807) is 76.2 Å². The van der Waals surface area contributed by atoms with Crippen LogP contribution in [0.15, 0.2) is 97.1 Å². The van der Waals surface area contributed by atoms with E-state index in [9.17, 15) is 91.1 Å². The summed E-state index contributed by atoms with van der Waals surface area (Å²) < 4.78 is 103. The quantitative estimate of drug-likeness (QED) is 0.0235. The molecule has 128 heavy (non-hydrogen) atoms. The van der Waals surface area contributed by atoms with Crippen LogP contribution in [-0.2, 0) is 157 Å². The molecule has 4 heterocycles. The number of esters is 12. The summed E-state index contributed by atoms with van der Waals surface area (Å²) in [5.74, 6) is -20.4. The Balaban J connectivity index is 1.11. The van der Waals surface area contributed by atoms with E-state index in [0.717, 1.165) is 72.1 Å². The van der Waals surface area contributed by atoms with E-state index in [-0.39, 0.29) is 22.3 Å². The maximum absolute atomic E-state index is 14.9. The average Bonchev–Trinajstić information content (AvgIpc) is 0.772. The first kappa shape index (κ1) is 100.0. The Labute approximate surface area is 730 Å². The van der Waals surface area contributed by atoms with Crippen LogP contribution in [0.1, 0.15) is 125 Å². The summed E-state index contributed by atoms with van der Waals surface area (Å²) in [5.41, 5.74) is 2.83. The molecule has 18 atom stereocenters. The van der Waals surface area contributed by atoms with Crippen LogP contribution in [0.3, 0.4) is 0 Å². The molecule has 0 spiro atoms. The van der Waals surface area contributed by atoms with Gasteiger partial charge in [-0.25, -0.2) is 19.2 Å². The first-order chi connectivity index (χ1) is 60.7. The van der Waals surface area contributed by atoms with Gasteiger partial charge in [0.25, 0.3) is 0 Å². The summed E-state index contributed by atoms with van der Waals surface area (Å²) in [5, 5.41) is 16.6. The predicted octanol–water partition coefficient (Wildman–Crippen LogP) is -0.982. The van der Waals surface area contributed by atoms with Crippen molar-refractivity contribution in [2.45, 2.75) is 200 Å². The van der Waals surface area contributed by atoms with Gasteiger partial charge in [-0.15, -0.1) is 0 Å². The zero-order chi connectivity index (χ0) is 93.8. The molecule has 44 nitrogen and oxygen atoms in total. The van der Waals surface area contributed by atoms with Crippen molar-refractivity contribution >= 4 is 113 Å². The van der Waals surface area contributed by atoms with Crippen LogP contribution in [0.25, 0.3) is 0 Å². The molecule has 0 aromatic heterocycles. The normalized spacial score (nSPS) is 24.9. The number of carbonyl (C=O) groups excluding carboxylic acids is 19. The minimum Gasteiger partial charge on any atom is -0.463 e. The van der Waals surface area contributed by atoms with E-state index in [1.807, 2.05) is 0 Å². The number of amides is 7. The lowest BCUT2D eigenvalue weighted by Gasteiger charge is -2.44. The highest BCUT2D eigenvalue weighted by molar-refractivity contribution is 5.95. The van der Waals surface area contributed by atoms with Gasteiger partial charge in [0.2, 0.25) is 41.4 Å². The third-order valence-electron chi connectivity index (χ3n) is 19.0. The van der Waals surface area contributed by atoms with Gasteiger partial charge in [-0.1, -0.05) is 70.8 Å². The van der Waals surface area contributed by atoms with Crippen molar-refractivity contribution in [2.24, 2.45) is 0 Å². The molecule has 0 saturated carbocycles. The van der Waals surface area contributed by atoms with Gasteiger partial charge in [0.15, 0.2) is 73.8 Å². The zero-order valence-electron chi connectivity index (χ0n) is 71.5. The highest BCUT2D eigenvalue weighted by Gasteiger charge is 2.57. The van der Waals surface area contributed by atoms with Crippen molar-refractivity contribution < 1.29 is 176 Å². The van der Waals surface area contributed by atoms with Gasteiger partial charge in [-0.2, -0.15) is 0 Å². The third-order valence-corrected chi connectivity index (χ3v) is 19.0. The largest absolute Gasteiger partial charge is 0.463 e. The maximum atomic E-state index is 14.9. The fraction of sp³-hybridized carbons (Fsp3) is 0.488. The molecule has 4 aliphatic heterocycles. The number of hydrogen-bond donors (Lipinski definition) is 7. The fourth-order valence-electron chi connectivity index (χ4n) is 13.0. The molecule has 4 aromatic rings. The second kappa shape index (κ2) is 47.8. The molecule has 8 rings (SSSR count). The number of ether oxygens (including phenoxy) is 18. The maximum Gasteiger partial charge on any atom is 0.338 e. The van der Waals surface area contributed by atoms with Crippen LogP contribution >= 0.6 is 0 Å². The topological polar surface area (TPSA) is 575 Å². The van der Waals surface area contributed by atoms with E-state index >= 15 is 0 Å². The molecular weight excluding hydrogens is 1700 g/mol. The van der Waals surface area contributed by atoms with Crippen molar-refractivity contribution in [1.82, 2.24) is 37.2 Å². The molecule has 4 saturated heterocycles. The molecule has 44 heteroatoms. The smallest absolute Gasteiger partial charge is 0.338 e. The summed E-state index contributed by atoms with van der Waals surface area (Å²) in [7, 11) is 0. The van der Waals surface area contributed by atoms with Crippen LogP contribution in [0, 0.1) is 27.7 Å². The first-order valence-electron chi connectivity index (χ1n) is 39.8. The van der Waals surface area contributed by atoms with Crippen molar-refractivity contribution in [3.63, 3.8) is 0 Å². The minimum absolute atomic E-state index is 0.0304. The Morgan fingerprint density at radius 3 is 0.875 bits per heavy atom. The Kier molecular flexibility index (Phi) is 37.3. The Morgan fingerprint density at radius 1 is 0.305 bits per heavy atom. The summed E-state index contributed by atoms with van der Waals surface area (Å²) in [4.78, 5) is 257. The second-order valence-electron chi connectivity index (χ2n) is 29.5. The molecule has 0 aliphatic carbocycles. The van der Waals surface area contributed by atoms with Crippen LogP contribution < -0.4 is 37.2 Å². The van der Waals surface area contributed by atoms with E-state index < -0.39 is 295 Å². The van der Waals surface area contributed by atoms with Gasteiger partial charge >= 0.3 is 71.6 Å². The molecular formula is C84H99N7O37. The van der Waals surface area contributed by atoms with Crippen LogP contribution in [0.5, 0.6) is 0 Å². The SMILES string of the molecule is CC(=O)OC[C@H]1O[C@H](OCC(=O)N[C@H]2CNC(=O)[C@@H](NC(=O)CO[C@@H]3O[C@H](COC(C)=O)[C@@H](OC(C)=O)[C@H](OC(C)=O)[C@H]3OC(C)=O)CNC(=O)CCNC(=O)[C@@H](NC(=O)CO[C@@H]3O[C@H](COC(=O)c4ccc(C)cc4)[C@H](OC(=O)c4ccc(C)cc4)[C@H](OC(=O)c4ccc(C)cc4)[C@H]3OC(=O)c3ccc(C)cc3)CNC2=O)[C@@H](OC(C)=O)[C@@H](OC(C)=O)[C@@H]1OC(C)=O. The third kappa shape index (κ3) is 30.7. The summed E-state index contributed by atoms with van der Waals surface area (Å²) in [6.45, 7) is 5.39. The number of carbonyl (C=O) groups is 19. The lowest BCUT2D eigenvalue weighted by atomic mass is 9.97. The van der Waals surface area contributed by atoms with E-state index in [2.05, 4.69) is 37.2 Å². The van der Waals surface area contributed by atoms with Gasteiger partial charge < -0.3 is 122 Å². The second-order valence-corrected chi connectivity index (χ2v) is 29.5. The molecule has 4 fully saturated rings. The highest BCUT2D eigenvalue weighted by atomic mass is 16.8. The van der Waals surface area contributed by atoms with Gasteiger partial charge in [0.05, 0.1) is 22.3 Å². The van der Waals surface area contributed by atoms with Gasteiger partial charge in [0.1, 0.15) is 76.1 Å². The number of hydrogen-bond acceptors (Lipinski definition) is 37. The summed E-state index contributed by atoms with van der Waals surface area (Å²) in [6, 6.07) is 18.3. The highest BCUT2D eigenvalue weighted by Crippen LogP contribution is 2.35. The van der Waals surface area contributed by atoms with Crippen molar-refractivity contribution in [1.29, 1.82) is 0 Å². The molecule has 4 aromatic carbocycles. The van der Waals surface area contributed by atoms with Crippen molar-refractivity contribution in [2.75, 3.05) is 65.8 Å². The number of aryl methyl sites for hydroxylation is 4. The van der Waals surface area contributed by atoms with Gasteiger partial charge in [-0.05, 0) is 76.2 Å². The lowest BCUT2D eigenvalue weighted by Crippen LogP contribution is -2.63. The van der Waals surface area contributed by atoms with E-state index in [4.69, 9.17) is 85.3 Å². The van der Waals surface area contributed by atoms with Crippen molar-refractivity contribution in [3.05, 3.63) is 142 Å². The Morgan fingerprint density at radius 2 is 0.555 bits per heavy atom. The van der Waals surface area contributed by atoms with Crippen LogP contribution in [0.4, 0.5) is 0 Å². The molecule has 692 valence electrons. The number of nitrogens with one attached hydrogen (secondary N) is 7. The number of rotatable bonds is 31. The monoisotopic (exact) mass is 1800 g/mol. The predicted molar refractivity (Wildman–Crippen MR) is 425 cm³/mol. The average molecular weight is 1800 g/mol. The first-order valence-corrected chi connectivity index (χ1v) is 39.8. The zero-order valence-corrected chi connectivity index (χ0v) is 71.5. The van der Waals surface area contributed by atoms with E-state index in [1.165, 1.54) is 48.5 Å².